The first-order valence-corrected chi connectivity index (χ1v) is 10.0. The lowest BCUT2D eigenvalue weighted by molar-refractivity contribution is -0.141. The first-order valence-electron chi connectivity index (χ1n) is 10.0. The number of carbonyl (C=O) groups is 1. The summed E-state index contributed by atoms with van der Waals surface area (Å²) in [7, 11) is 0. The maximum absolute atomic E-state index is 11.0. The van der Waals surface area contributed by atoms with Crippen molar-refractivity contribution in [1.29, 1.82) is 0 Å². The van der Waals surface area contributed by atoms with E-state index in [0.29, 0.717) is 0 Å². The molecule has 2 rings (SSSR count). The van der Waals surface area contributed by atoms with Crippen molar-refractivity contribution in [1.82, 2.24) is 0 Å². The van der Waals surface area contributed by atoms with Gasteiger partial charge in [0.25, 0.3) is 0 Å². The summed E-state index contributed by atoms with van der Waals surface area (Å²) in [4.78, 5) is 15.8. The minimum atomic E-state index is -0.364. The van der Waals surface area contributed by atoms with Crippen LogP contribution in [-0.2, 0) is 32.8 Å². The van der Waals surface area contributed by atoms with Gasteiger partial charge in [-0.05, 0) is 61.6 Å². The molecule has 0 amide bonds. The van der Waals surface area contributed by atoms with Crippen molar-refractivity contribution in [3.8, 4) is 0 Å². The molecule has 1 aromatic rings. The lowest BCUT2D eigenvalue weighted by Crippen LogP contribution is -2.36. The number of hydrogen-bond acceptors (Lipinski definition) is 4. The maximum atomic E-state index is 11.0. The van der Waals surface area contributed by atoms with E-state index in [-0.39, 0.29) is 11.6 Å². The van der Waals surface area contributed by atoms with Crippen molar-refractivity contribution in [2.45, 2.75) is 84.7 Å². The molecule has 26 heavy (non-hydrogen) atoms. The van der Waals surface area contributed by atoms with E-state index < -0.39 is 0 Å². The highest BCUT2D eigenvalue weighted by Gasteiger charge is 2.38. The summed E-state index contributed by atoms with van der Waals surface area (Å²) in [6.45, 7) is 8.77. The molecule has 0 N–H and O–H groups in total. The van der Waals surface area contributed by atoms with Crippen LogP contribution >= 0.6 is 0 Å². The fourth-order valence-corrected chi connectivity index (χ4v) is 3.67. The van der Waals surface area contributed by atoms with Gasteiger partial charge in [0.05, 0.1) is 11.3 Å². The third-order valence-electron chi connectivity index (χ3n) is 5.26. The van der Waals surface area contributed by atoms with Crippen LogP contribution in [0.1, 0.15) is 82.9 Å². The average Bonchev–Trinajstić information content (AvgIpc) is 2.67. The molecule has 144 valence electrons. The lowest BCUT2D eigenvalue weighted by atomic mass is 9.76. The minimum Gasteiger partial charge on any atom is -0.370 e. The summed E-state index contributed by atoms with van der Waals surface area (Å²) in [6, 6.07) is 6.85. The van der Waals surface area contributed by atoms with Gasteiger partial charge < -0.3 is 9.57 Å². The largest absolute Gasteiger partial charge is 0.370 e. The summed E-state index contributed by atoms with van der Waals surface area (Å²) in [5, 5.41) is 4.02. The first kappa shape index (κ1) is 20.6. The van der Waals surface area contributed by atoms with Crippen LogP contribution in [0.5, 0.6) is 0 Å². The van der Waals surface area contributed by atoms with Crippen molar-refractivity contribution >= 4 is 11.7 Å². The van der Waals surface area contributed by atoms with Crippen molar-refractivity contribution in [2.75, 3.05) is 6.61 Å². The fourth-order valence-electron chi connectivity index (χ4n) is 3.67. The van der Waals surface area contributed by atoms with Crippen LogP contribution in [-0.4, -0.2) is 18.3 Å². The SMILES string of the molecule is CCCCOC1(c2ccc(CC)cc2CC)CCC(=NOC(C)=O)CC1. The predicted molar refractivity (Wildman–Crippen MR) is 105 cm³/mol. The van der Waals surface area contributed by atoms with Gasteiger partial charge in [0.2, 0.25) is 0 Å². The molecule has 1 aliphatic carbocycles. The average molecular weight is 360 g/mol. The van der Waals surface area contributed by atoms with E-state index >= 15 is 0 Å². The highest BCUT2D eigenvalue weighted by molar-refractivity contribution is 5.85. The Balaban J connectivity index is 2.27. The molecule has 1 aliphatic rings. The van der Waals surface area contributed by atoms with Crippen LogP contribution in [0.2, 0.25) is 0 Å². The van der Waals surface area contributed by atoms with Crippen LogP contribution in [0.4, 0.5) is 0 Å². The number of oxime groups is 1. The monoisotopic (exact) mass is 359 g/mol. The third-order valence-corrected chi connectivity index (χ3v) is 5.26. The number of benzene rings is 1. The van der Waals surface area contributed by atoms with E-state index in [1.807, 2.05) is 0 Å². The zero-order valence-corrected chi connectivity index (χ0v) is 16.8. The fraction of sp³-hybridized carbons (Fsp3) is 0.636. The van der Waals surface area contributed by atoms with Crippen LogP contribution in [0, 0.1) is 0 Å². The van der Waals surface area contributed by atoms with Crippen LogP contribution in [0.3, 0.4) is 0 Å². The molecule has 1 fully saturated rings. The van der Waals surface area contributed by atoms with E-state index in [0.717, 1.165) is 63.7 Å². The number of rotatable bonds is 8. The molecule has 1 saturated carbocycles. The quantitative estimate of drug-likeness (QED) is 0.359. The zero-order chi connectivity index (χ0) is 19.0. The Morgan fingerprint density at radius 3 is 2.46 bits per heavy atom. The highest BCUT2D eigenvalue weighted by Crippen LogP contribution is 2.42. The third kappa shape index (κ3) is 5.16. The number of ether oxygens (including phenoxy) is 1. The molecule has 4 nitrogen and oxygen atoms in total. The number of hydrogen-bond donors (Lipinski definition) is 0. The molecule has 0 unspecified atom stereocenters. The molecular formula is C22H33NO3. The van der Waals surface area contributed by atoms with Crippen molar-refractivity contribution in [3.05, 3.63) is 34.9 Å². The standard InChI is InChI=1S/C22H33NO3/c1-5-8-15-25-22(13-11-20(12-14-22)23-26-17(4)24)21-10-9-18(6-2)16-19(21)7-3/h9-10,16H,5-8,11-15H2,1-4H3. The van der Waals surface area contributed by atoms with Gasteiger partial charge in [-0.15, -0.1) is 0 Å². The smallest absolute Gasteiger partial charge is 0.331 e. The Hall–Kier alpha value is -1.68. The summed E-state index contributed by atoms with van der Waals surface area (Å²) in [5.41, 5.74) is 4.81. The normalized spacial score (nSPS) is 20.1. The maximum Gasteiger partial charge on any atom is 0.331 e. The number of carbonyl (C=O) groups excluding carboxylic acids is 1. The molecule has 4 heteroatoms. The second-order valence-electron chi connectivity index (χ2n) is 7.14. The topological polar surface area (TPSA) is 47.9 Å². The van der Waals surface area contributed by atoms with Crippen LogP contribution in [0.15, 0.2) is 23.4 Å². The molecule has 0 aromatic heterocycles. The molecule has 0 bridgehead atoms. The van der Waals surface area contributed by atoms with Gasteiger partial charge in [-0.2, -0.15) is 0 Å². The van der Waals surface area contributed by atoms with E-state index in [1.165, 1.54) is 23.6 Å². The predicted octanol–water partition coefficient (Wildman–Crippen LogP) is 5.32. The molecule has 0 heterocycles. The van der Waals surface area contributed by atoms with Crippen molar-refractivity contribution in [2.24, 2.45) is 5.16 Å². The van der Waals surface area contributed by atoms with Crippen LogP contribution < -0.4 is 0 Å². The first-order chi connectivity index (χ1) is 12.5. The molecule has 0 spiro atoms. The van der Waals surface area contributed by atoms with Gasteiger partial charge >= 0.3 is 5.97 Å². The van der Waals surface area contributed by atoms with Gasteiger partial charge in [-0.3, -0.25) is 0 Å². The van der Waals surface area contributed by atoms with E-state index in [2.05, 4.69) is 44.1 Å². The Kier molecular flexibility index (Phi) is 7.83. The number of aryl methyl sites for hydroxylation is 2. The van der Waals surface area contributed by atoms with Crippen molar-refractivity contribution in [3.63, 3.8) is 0 Å². The Morgan fingerprint density at radius 2 is 1.88 bits per heavy atom. The minimum absolute atomic E-state index is 0.248. The molecular weight excluding hydrogens is 326 g/mol. The van der Waals surface area contributed by atoms with Gasteiger partial charge in [0, 0.05) is 13.5 Å². The van der Waals surface area contributed by atoms with E-state index in [1.54, 1.807) is 0 Å². The van der Waals surface area contributed by atoms with E-state index in [4.69, 9.17) is 9.57 Å². The second kappa shape index (κ2) is 9.86. The second-order valence-corrected chi connectivity index (χ2v) is 7.14. The van der Waals surface area contributed by atoms with Gasteiger partial charge in [-0.1, -0.05) is 50.5 Å². The van der Waals surface area contributed by atoms with Crippen molar-refractivity contribution < 1.29 is 14.4 Å². The Bertz CT molecular complexity index is 626. The Morgan fingerprint density at radius 1 is 1.15 bits per heavy atom. The summed E-state index contributed by atoms with van der Waals surface area (Å²) < 4.78 is 6.52. The summed E-state index contributed by atoms with van der Waals surface area (Å²) in [6.07, 6.45) is 7.64. The van der Waals surface area contributed by atoms with E-state index in [9.17, 15) is 4.79 Å². The molecule has 0 atom stereocenters. The number of unbranched alkanes of at least 4 members (excludes halogenated alkanes) is 1. The summed E-state index contributed by atoms with van der Waals surface area (Å²) >= 11 is 0. The van der Waals surface area contributed by atoms with Gasteiger partial charge in [0.1, 0.15) is 0 Å². The zero-order valence-electron chi connectivity index (χ0n) is 16.8. The van der Waals surface area contributed by atoms with Gasteiger partial charge in [0.15, 0.2) is 0 Å². The molecule has 1 aromatic carbocycles. The highest BCUT2D eigenvalue weighted by atomic mass is 16.7. The number of nitrogens with zero attached hydrogens (tertiary/aromatic N) is 1. The van der Waals surface area contributed by atoms with Gasteiger partial charge in [-0.25, -0.2) is 4.79 Å². The molecule has 0 radical (unpaired) electrons. The van der Waals surface area contributed by atoms with Crippen LogP contribution in [0.25, 0.3) is 0 Å². The lowest BCUT2D eigenvalue weighted by Gasteiger charge is -2.39. The Labute approximate surface area is 158 Å². The summed E-state index contributed by atoms with van der Waals surface area (Å²) in [5.74, 6) is -0.364. The molecule has 0 saturated heterocycles. The molecule has 0 aliphatic heterocycles.